The summed E-state index contributed by atoms with van der Waals surface area (Å²) in [4.78, 5) is 12.5. The van der Waals surface area contributed by atoms with Crippen molar-refractivity contribution < 1.29 is 14.3 Å². The lowest BCUT2D eigenvalue weighted by molar-refractivity contribution is -0.183. The van der Waals surface area contributed by atoms with Crippen LogP contribution in [0.15, 0.2) is 18.2 Å². The second-order valence-corrected chi connectivity index (χ2v) is 6.81. The van der Waals surface area contributed by atoms with Crippen LogP contribution in [0.25, 0.3) is 11.0 Å². The molecule has 116 valence electrons. The Balaban J connectivity index is 1.56. The number of fused-ring (bicyclic) bond motifs is 2. The number of aryl methyl sites for hydroxylation is 1. The molecular formula is C16H19N3O3. The van der Waals surface area contributed by atoms with Crippen LogP contribution in [0.2, 0.25) is 0 Å². The van der Waals surface area contributed by atoms with E-state index in [0.717, 1.165) is 18.5 Å². The maximum absolute atomic E-state index is 12.5. The van der Waals surface area contributed by atoms with E-state index in [1.165, 1.54) is 0 Å². The van der Waals surface area contributed by atoms with Crippen molar-refractivity contribution in [3.05, 3.63) is 23.8 Å². The van der Waals surface area contributed by atoms with Crippen LogP contribution in [0, 0.1) is 11.3 Å². The quantitative estimate of drug-likeness (QED) is 0.793. The Labute approximate surface area is 128 Å². The lowest BCUT2D eigenvalue weighted by Crippen LogP contribution is -2.61. The van der Waals surface area contributed by atoms with Gasteiger partial charge in [0.25, 0.3) is 0 Å². The van der Waals surface area contributed by atoms with Gasteiger partial charge in [0.05, 0.1) is 17.2 Å². The predicted octanol–water partition coefficient (Wildman–Crippen LogP) is 1.94. The number of benzene rings is 1. The van der Waals surface area contributed by atoms with Gasteiger partial charge in [-0.3, -0.25) is 0 Å². The van der Waals surface area contributed by atoms with Gasteiger partial charge in [0.2, 0.25) is 0 Å². The van der Waals surface area contributed by atoms with Crippen LogP contribution >= 0.6 is 0 Å². The van der Waals surface area contributed by atoms with Gasteiger partial charge >= 0.3 is 5.97 Å². The summed E-state index contributed by atoms with van der Waals surface area (Å²) in [5.41, 5.74) is 2.00. The average Bonchev–Trinajstić information content (AvgIpc) is 3.10. The molecule has 3 atom stereocenters. The second kappa shape index (κ2) is 4.52. The van der Waals surface area contributed by atoms with E-state index in [1.807, 2.05) is 13.1 Å². The van der Waals surface area contributed by atoms with Crippen LogP contribution in [0.1, 0.15) is 30.6 Å². The first-order valence-corrected chi connectivity index (χ1v) is 7.60. The van der Waals surface area contributed by atoms with E-state index < -0.39 is 0 Å². The molecule has 1 saturated heterocycles. The summed E-state index contributed by atoms with van der Waals surface area (Å²) in [5, 5.41) is 7.99. The number of hydrogen-bond acceptors (Lipinski definition) is 5. The highest BCUT2D eigenvalue weighted by Gasteiger charge is 2.61. The highest BCUT2D eigenvalue weighted by atomic mass is 16.6. The Hall–Kier alpha value is -1.95. The lowest BCUT2D eigenvalue weighted by atomic mass is 9.59. The monoisotopic (exact) mass is 301 g/mol. The number of hydrogen-bond donors (Lipinski definition) is 0. The standard InChI is InChI=1S/C16H19N3O3/c1-16(2)13-10(6-7-21-13)14(16)22-15(20)9-4-5-12-11(8-9)17-18-19(12)3/h4-5,8,10,13-14H,6-7H2,1-3H3/t10-,13+,14-/m0/s1. The van der Waals surface area contributed by atoms with Gasteiger partial charge in [0, 0.05) is 25.0 Å². The van der Waals surface area contributed by atoms with E-state index in [9.17, 15) is 4.79 Å². The minimum atomic E-state index is -0.295. The van der Waals surface area contributed by atoms with Gasteiger partial charge in [-0.05, 0) is 24.6 Å². The largest absolute Gasteiger partial charge is 0.458 e. The number of nitrogens with zero attached hydrogens (tertiary/aromatic N) is 3. The number of carbonyl (C=O) groups excluding carboxylic acids is 1. The van der Waals surface area contributed by atoms with E-state index in [1.54, 1.807) is 16.8 Å². The molecule has 1 aliphatic heterocycles. The average molecular weight is 301 g/mol. The zero-order valence-electron chi connectivity index (χ0n) is 12.9. The van der Waals surface area contributed by atoms with Gasteiger partial charge in [0.1, 0.15) is 11.6 Å². The number of ether oxygens (including phenoxy) is 2. The summed E-state index contributed by atoms with van der Waals surface area (Å²) in [7, 11) is 1.82. The molecule has 1 saturated carbocycles. The number of carbonyl (C=O) groups is 1. The van der Waals surface area contributed by atoms with Gasteiger partial charge in [-0.25, -0.2) is 9.48 Å². The minimum absolute atomic E-state index is 0.0787. The summed E-state index contributed by atoms with van der Waals surface area (Å²) in [5.74, 6) is 0.0372. The number of aromatic nitrogens is 3. The maximum atomic E-state index is 12.5. The Morgan fingerprint density at radius 1 is 1.45 bits per heavy atom. The van der Waals surface area contributed by atoms with Crippen LogP contribution in [0.5, 0.6) is 0 Å². The zero-order valence-corrected chi connectivity index (χ0v) is 12.9. The molecule has 2 heterocycles. The molecular weight excluding hydrogens is 282 g/mol. The normalized spacial score (nSPS) is 29.1. The Morgan fingerprint density at radius 3 is 3.09 bits per heavy atom. The second-order valence-electron chi connectivity index (χ2n) is 6.81. The van der Waals surface area contributed by atoms with Crippen molar-refractivity contribution >= 4 is 17.0 Å². The molecule has 0 N–H and O–H groups in total. The molecule has 2 fully saturated rings. The van der Waals surface area contributed by atoms with Crippen LogP contribution < -0.4 is 0 Å². The first-order chi connectivity index (χ1) is 10.5. The number of esters is 1. The third kappa shape index (κ3) is 1.80. The van der Waals surface area contributed by atoms with Gasteiger partial charge in [0.15, 0.2) is 0 Å². The third-order valence-corrected chi connectivity index (χ3v) is 5.07. The van der Waals surface area contributed by atoms with Gasteiger partial charge < -0.3 is 9.47 Å². The fraction of sp³-hybridized carbons (Fsp3) is 0.562. The van der Waals surface area contributed by atoms with E-state index in [2.05, 4.69) is 24.2 Å². The van der Waals surface area contributed by atoms with E-state index >= 15 is 0 Å². The summed E-state index contributed by atoms with van der Waals surface area (Å²) in [6, 6.07) is 5.35. The molecule has 6 nitrogen and oxygen atoms in total. The van der Waals surface area contributed by atoms with Crippen LogP contribution in [0.3, 0.4) is 0 Å². The van der Waals surface area contributed by atoms with Crippen molar-refractivity contribution in [3.63, 3.8) is 0 Å². The van der Waals surface area contributed by atoms with Gasteiger partial charge in [-0.1, -0.05) is 19.1 Å². The van der Waals surface area contributed by atoms with E-state index in [0.29, 0.717) is 17.0 Å². The van der Waals surface area contributed by atoms with Crippen LogP contribution in [-0.4, -0.2) is 39.8 Å². The molecule has 0 spiro atoms. The van der Waals surface area contributed by atoms with Crippen molar-refractivity contribution in [2.24, 2.45) is 18.4 Å². The fourth-order valence-corrected chi connectivity index (χ4v) is 3.87. The maximum Gasteiger partial charge on any atom is 0.338 e. The Bertz CT molecular complexity index is 752. The molecule has 6 heteroatoms. The number of rotatable bonds is 2. The van der Waals surface area contributed by atoms with E-state index in [4.69, 9.17) is 9.47 Å². The third-order valence-electron chi connectivity index (χ3n) is 5.07. The molecule has 0 radical (unpaired) electrons. The fourth-order valence-electron chi connectivity index (χ4n) is 3.87. The highest BCUT2D eigenvalue weighted by Crippen LogP contribution is 2.53. The first-order valence-electron chi connectivity index (χ1n) is 7.60. The first kappa shape index (κ1) is 13.7. The minimum Gasteiger partial charge on any atom is -0.458 e. The molecule has 1 aromatic heterocycles. The highest BCUT2D eigenvalue weighted by molar-refractivity contribution is 5.93. The van der Waals surface area contributed by atoms with Crippen LogP contribution in [0.4, 0.5) is 0 Å². The Morgan fingerprint density at radius 2 is 2.27 bits per heavy atom. The lowest BCUT2D eigenvalue weighted by Gasteiger charge is -2.53. The van der Waals surface area contributed by atoms with Crippen molar-refractivity contribution in [1.82, 2.24) is 15.0 Å². The zero-order chi connectivity index (χ0) is 15.5. The topological polar surface area (TPSA) is 66.2 Å². The van der Waals surface area contributed by atoms with Gasteiger partial charge in [-0.2, -0.15) is 0 Å². The molecule has 4 rings (SSSR count). The van der Waals surface area contributed by atoms with Crippen LogP contribution in [-0.2, 0) is 16.5 Å². The SMILES string of the molecule is Cn1nnc2cc(C(=O)O[C@H]3[C@H]4CCO[C@H]4C3(C)C)ccc21. The molecule has 0 amide bonds. The molecule has 22 heavy (non-hydrogen) atoms. The molecule has 2 aliphatic rings. The smallest absolute Gasteiger partial charge is 0.338 e. The Kier molecular flexibility index (Phi) is 2.81. The van der Waals surface area contributed by atoms with E-state index in [-0.39, 0.29) is 23.6 Å². The summed E-state index contributed by atoms with van der Waals surface area (Å²) < 4.78 is 13.2. The van der Waals surface area contributed by atoms with Crippen molar-refractivity contribution in [1.29, 1.82) is 0 Å². The van der Waals surface area contributed by atoms with Crippen molar-refractivity contribution in [2.75, 3.05) is 6.61 Å². The van der Waals surface area contributed by atoms with Gasteiger partial charge in [-0.15, -0.1) is 5.10 Å². The molecule has 1 aromatic carbocycles. The summed E-state index contributed by atoms with van der Waals surface area (Å²) >= 11 is 0. The molecule has 2 aromatic rings. The summed E-state index contributed by atoms with van der Waals surface area (Å²) in [6.45, 7) is 4.96. The van der Waals surface area contributed by atoms with Crippen molar-refractivity contribution in [3.8, 4) is 0 Å². The molecule has 0 unspecified atom stereocenters. The summed E-state index contributed by atoms with van der Waals surface area (Å²) in [6.07, 6.45) is 1.10. The molecule has 0 bridgehead atoms. The van der Waals surface area contributed by atoms with Crippen molar-refractivity contribution in [2.45, 2.75) is 32.5 Å². The predicted molar refractivity (Wildman–Crippen MR) is 79.3 cm³/mol. The molecule has 1 aliphatic carbocycles.